The molecule has 0 aliphatic heterocycles. The standard InChI is InChI=1S/C12H12ClF2NO4/c1-11(9(17)18,12(13,14)15)16-10(19)20-7-8-5-3-2-4-6-8/h2-6H,7H2,1H3,(H,16,19)(H,17,18). The topological polar surface area (TPSA) is 75.6 Å². The second kappa shape index (κ2) is 6.04. The van der Waals surface area contributed by atoms with Crippen molar-refractivity contribution in [1.29, 1.82) is 0 Å². The molecule has 0 fully saturated rings. The number of alkyl halides is 3. The van der Waals surface area contributed by atoms with Crippen LogP contribution in [0.15, 0.2) is 30.3 Å². The van der Waals surface area contributed by atoms with Crippen molar-refractivity contribution in [2.24, 2.45) is 0 Å². The van der Waals surface area contributed by atoms with Crippen molar-refractivity contribution in [1.82, 2.24) is 5.32 Å². The molecule has 0 heterocycles. The van der Waals surface area contributed by atoms with Gasteiger partial charge in [0.15, 0.2) is 0 Å². The fourth-order valence-corrected chi connectivity index (χ4v) is 1.34. The Bertz CT molecular complexity index is 492. The average molecular weight is 308 g/mol. The van der Waals surface area contributed by atoms with Gasteiger partial charge in [-0.1, -0.05) is 30.3 Å². The predicted octanol–water partition coefficient (Wildman–Crippen LogP) is 2.59. The first-order chi connectivity index (χ1) is 9.17. The number of nitrogens with one attached hydrogen (secondary N) is 1. The molecule has 0 radical (unpaired) electrons. The van der Waals surface area contributed by atoms with Crippen LogP contribution in [-0.2, 0) is 16.1 Å². The highest BCUT2D eigenvalue weighted by Gasteiger charge is 2.56. The van der Waals surface area contributed by atoms with Crippen molar-refractivity contribution in [2.45, 2.75) is 24.5 Å². The van der Waals surface area contributed by atoms with E-state index >= 15 is 0 Å². The van der Waals surface area contributed by atoms with Crippen LogP contribution in [0.2, 0.25) is 0 Å². The monoisotopic (exact) mass is 307 g/mol. The lowest BCUT2D eigenvalue weighted by atomic mass is 10.0. The normalized spacial score (nSPS) is 14.2. The third kappa shape index (κ3) is 3.80. The molecule has 1 atom stereocenters. The first kappa shape index (κ1) is 16.2. The van der Waals surface area contributed by atoms with Gasteiger partial charge in [-0.3, -0.25) is 5.32 Å². The minimum absolute atomic E-state index is 0.184. The first-order valence-corrected chi connectivity index (χ1v) is 5.83. The third-order valence-electron chi connectivity index (χ3n) is 2.56. The Labute approximate surface area is 118 Å². The summed E-state index contributed by atoms with van der Waals surface area (Å²) in [7, 11) is 0. The molecule has 0 saturated carbocycles. The Hall–Kier alpha value is -1.89. The molecule has 0 saturated heterocycles. The smallest absolute Gasteiger partial charge is 0.408 e. The number of carboxylic acid groups (broad SMARTS) is 1. The van der Waals surface area contributed by atoms with Crippen molar-refractivity contribution < 1.29 is 28.2 Å². The molecule has 0 spiro atoms. The Kier molecular flexibility index (Phi) is 4.88. The van der Waals surface area contributed by atoms with Crippen LogP contribution in [0.5, 0.6) is 0 Å². The summed E-state index contributed by atoms with van der Waals surface area (Å²) in [5.41, 5.74) is -2.35. The van der Waals surface area contributed by atoms with Crippen molar-refractivity contribution in [3.05, 3.63) is 35.9 Å². The number of benzene rings is 1. The molecule has 1 aromatic rings. The number of halogens is 3. The van der Waals surface area contributed by atoms with E-state index in [1.165, 1.54) is 0 Å². The van der Waals surface area contributed by atoms with E-state index in [9.17, 15) is 18.4 Å². The van der Waals surface area contributed by atoms with Crippen LogP contribution in [-0.4, -0.2) is 28.1 Å². The van der Waals surface area contributed by atoms with Crippen molar-refractivity contribution in [2.75, 3.05) is 0 Å². The summed E-state index contributed by atoms with van der Waals surface area (Å²) in [6, 6.07) is 8.45. The average Bonchev–Trinajstić information content (AvgIpc) is 2.36. The lowest BCUT2D eigenvalue weighted by molar-refractivity contribution is -0.153. The molecule has 0 aliphatic carbocycles. The van der Waals surface area contributed by atoms with E-state index in [4.69, 9.17) is 16.7 Å². The van der Waals surface area contributed by atoms with Gasteiger partial charge in [0.25, 0.3) is 0 Å². The number of carboxylic acids is 1. The molecule has 0 bridgehead atoms. The fourth-order valence-electron chi connectivity index (χ4n) is 1.21. The zero-order chi connectivity index (χ0) is 15.4. The Balaban J connectivity index is 2.67. The van der Waals surface area contributed by atoms with E-state index in [-0.39, 0.29) is 6.61 Å². The lowest BCUT2D eigenvalue weighted by Gasteiger charge is -2.29. The van der Waals surface area contributed by atoms with Crippen molar-refractivity contribution >= 4 is 23.7 Å². The molecule has 1 amide bonds. The largest absolute Gasteiger partial charge is 0.479 e. The van der Waals surface area contributed by atoms with Crippen LogP contribution in [0, 0.1) is 0 Å². The number of alkyl carbamates (subject to hydrolysis) is 1. The number of hydrogen-bond donors (Lipinski definition) is 2. The maximum Gasteiger partial charge on any atom is 0.408 e. The highest BCUT2D eigenvalue weighted by Crippen LogP contribution is 2.33. The Morgan fingerprint density at radius 3 is 2.35 bits per heavy atom. The molecule has 0 aliphatic rings. The minimum Gasteiger partial charge on any atom is -0.479 e. The summed E-state index contributed by atoms with van der Waals surface area (Å²) < 4.78 is 30.8. The number of carbonyl (C=O) groups excluding carboxylic acids is 1. The number of ether oxygens (including phenoxy) is 1. The summed E-state index contributed by atoms with van der Waals surface area (Å²) >= 11 is 4.71. The zero-order valence-electron chi connectivity index (χ0n) is 10.4. The van der Waals surface area contributed by atoms with Crippen molar-refractivity contribution in [3.63, 3.8) is 0 Å². The van der Waals surface area contributed by atoms with Crippen molar-refractivity contribution in [3.8, 4) is 0 Å². The van der Waals surface area contributed by atoms with Gasteiger partial charge in [-0.25, -0.2) is 9.59 Å². The van der Waals surface area contributed by atoms with Gasteiger partial charge in [0.1, 0.15) is 6.61 Å². The summed E-state index contributed by atoms with van der Waals surface area (Å²) in [6.07, 6.45) is -1.31. The molecular formula is C12H12ClF2NO4. The predicted molar refractivity (Wildman–Crippen MR) is 66.6 cm³/mol. The minimum atomic E-state index is -4.18. The van der Waals surface area contributed by atoms with Gasteiger partial charge < -0.3 is 9.84 Å². The molecule has 1 rings (SSSR count). The molecule has 5 nitrogen and oxygen atoms in total. The molecule has 0 aromatic heterocycles. The van der Waals surface area contributed by atoms with E-state index in [2.05, 4.69) is 4.74 Å². The van der Waals surface area contributed by atoms with E-state index < -0.39 is 23.0 Å². The summed E-state index contributed by atoms with van der Waals surface area (Å²) in [4.78, 5) is 22.2. The Morgan fingerprint density at radius 1 is 1.35 bits per heavy atom. The molecule has 2 N–H and O–H groups in total. The number of rotatable bonds is 5. The lowest BCUT2D eigenvalue weighted by Crippen LogP contribution is -2.61. The maximum absolute atomic E-state index is 13.1. The number of amides is 1. The van der Waals surface area contributed by atoms with Crippen LogP contribution in [0.1, 0.15) is 12.5 Å². The number of carbonyl (C=O) groups is 2. The Morgan fingerprint density at radius 2 is 1.90 bits per heavy atom. The highest BCUT2D eigenvalue weighted by atomic mass is 35.5. The third-order valence-corrected chi connectivity index (χ3v) is 2.94. The van der Waals surface area contributed by atoms with Gasteiger partial charge in [-0.05, 0) is 24.1 Å². The number of hydrogen-bond acceptors (Lipinski definition) is 3. The summed E-state index contributed by atoms with van der Waals surface area (Å²) in [6.45, 7) is 0.405. The number of aliphatic carboxylic acids is 1. The van der Waals surface area contributed by atoms with Gasteiger partial charge in [0, 0.05) is 0 Å². The summed E-state index contributed by atoms with van der Waals surface area (Å²) in [5.74, 6) is -1.98. The van der Waals surface area contributed by atoms with Crippen LogP contribution in [0.3, 0.4) is 0 Å². The van der Waals surface area contributed by atoms with Crippen LogP contribution >= 0.6 is 11.6 Å². The molecule has 20 heavy (non-hydrogen) atoms. The molecule has 8 heteroatoms. The summed E-state index contributed by atoms with van der Waals surface area (Å²) in [5, 5.41) is 6.15. The second-order valence-electron chi connectivity index (χ2n) is 4.11. The van der Waals surface area contributed by atoms with Crippen LogP contribution in [0.25, 0.3) is 0 Å². The molecule has 1 unspecified atom stereocenters. The van der Waals surface area contributed by atoms with E-state index in [0.29, 0.717) is 12.5 Å². The molecule has 1 aromatic carbocycles. The van der Waals surface area contributed by atoms with Crippen LogP contribution in [0.4, 0.5) is 13.6 Å². The van der Waals surface area contributed by atoms with E-state index in [0.717, 1.165) is 0 Å². The van der Waals surface area contributed by atoms with Gasteiger partial charge in [0.05, 0.1) is 0 Å². The van der Waals surface area contributed by atoms with Gasteiger partial charge in [-0.2, -0.15) is 8.78 Å². The SMILES string of the molecule is CC(NC(=O)OCc1ccccc1)(C(=O)O)C(F)(F)Cl. The molecular weight excluding hydrogens is 296 g/mol. The van der Waals surface area contributed by atoms with E-state index in [1.807, 2.05) is 0 Å². The zero-order valence-corrected chi connectivity index (χ0v) is 11.2. The van der Waals surface area contributed by atoms with Crippen LogP contribution < -0.4 is 5.32 Å². The quantitative estimate of drug-likeness (QED) is 0.820. The van der Waals surface area contributed by atoms with E-state index in [1.54, 1.807) is 35.6 Å². The highest BCUT2D eigenvalue weighted by molar-refractivity contribution is 6.24. The van der Waals surface area contributed by atoms with Gasteiger partial charge >= 0.3 is 17.4 Å². The maximum atomic E-state index is 13.1. The van der Waals surface area contributed by atoms with Gasteiger partial charge in [0.2, 0.25) is 5.54 Å². The second-order valence-corrected chi connectivity index (χ2v) is 4.59. The first-order valence-electron chi connectivity index (χ1n) is 5.46. The fraction of sp³-hybridized carbons (Fsp3) is 0.333. The molecule has 110 valence electrons. The van der Waals surface area contributed by atoms with Gasteiger partial charge in [-0.15, -0.1) is 0 Å².